The van der Waals surface area contributed by atoms with Gasteiger partial charge in [-0.05, 0) is 38.7 Å². The van der Waals surface area contributed by atoms with Crippen LogP contribution in [0.5, 0.6) is 0 Å². The quantitative estimate of drug-likeness (QED) is 0.931. The maximum atomic E-state index is 12.5. The van der Waals surface area contributed by atoms with Gasteiger partial charge in [0.1, 0.15) is 5.82 Å². The van der Waals surface area contributed by atoms with Crippen molar-refractivity contribution in [3.05, 3.63) is 41.6 Å². The SMILES string of the molecule is CCn1cnc2c1CCN(C(=O)Nc1cc(CN(C)C)ccn1)C2. The molecule has 3 rings (SSSR count). The fourth-order valence-corrected chi connectivity index (χ4v) is 3.01. The molecule has 0 saturated heterocycles. The number of aryl methyl sites for hydroxylation is 1. The summed E-state index contributed by atoms with van der Waals surface area (Å²) < 4.78 is 2.15. The molecule has 0 spiro atoms. The van der Waals surface area contributed by atoms with Crippen molar-refractivity contribution < 1.29 is 4.79 Å². The van der Waals surface area contributed by atoms with Crippen molar-refractivity contribution in [3.63, 3.8) is 0 Å². The molecule has 3 heterocycles. The first kappa shape index (κ1) is 16.4. The average Bonchev–Trinajstić information content (AvgIpc) is 2.96. The summed E-state index contributed by atoms with van der Waals surface area (Å²) in [5.41, 5.74) is 3.35. The molecular weight excluding hydrogens is 304 g/mol. The van der Waals surface area contributed by atoms with Crippen LogP contribution in [0.3, 0.4) is 0 Å². The maximum Gasteiger partial charge on any atom is 0.323 e. The largest absolute Gasteiger partial charge is 0.334 e. The molecule has 0 atom stereocenters. The van der Waals surface area contributed by atoms with E-state index in [4.69, 9.17) is 0 Å². The summed E-state index contributed by atoms with van der Waals surface area (Å²) in [6.45, 7) is 5.07. The van der Waals surface area contributed by atoms with Crippen LogP contribution < -0.4 is 5.32 Å². The van der Waals surface area contributed by atoms with E-state index in [0.29, 0.717) is 18.9 Å². The van der Waals surface area contributed by atoms with E-state index in [2.05, 4.69) is 31.7 Å². The van der Waals surface area contributed by atoms with Gasteiger partial charge in [0.25, 0.3) is 0 Å². The highest BCUT2D eigenvalue weighted by Gasteiger charge is 2.24. The minimum atomic E-state index is -0.124. The summed E-state index contributed by atoms with van der Waals surface area (Å²) in [5.74, 6) is 0.587. The molecule has 0 fully saturated rings. The number of carbonyl (C=O) groups is 1. The molecule has 1 aliphatic rings. The molecule has 24 heavy (non-hydrogen) atoms. The van der Waals surface area contributed by atoms with Gasteiger partial charge in [-0.1, -0.05) is 0 Å². The summed E-state index contributed by atoms with van der Waals surface area (Å²) in [4.78, 5) is 25.1. The standard InChI is InChI=1S/C17H24N6O/c1-4-22-12-19-14-11-23(8-6-15(14)22)17(24)20-16-9-13(5-7-18-16)10-21(2)3/h5,7,9,12H,4,6,8,10-11H2,1-3H3,(H,18,20,24). The first-order chi connectivity index (χ1) is 11.6. The second kappa shape index (κ2) is 7.00. The Morgan fingerprint density at radius 1 is 1.38 bits per heavy atom. The van der Waals surface area contributed by atoms with Crippen molar-refractivity contribution >= 4 is 11.8 Å². The molecule has 2 amide bonds. The van der Waals surface area contributed by atoms with E-state index >= 15 is 0 Å². The van der Waals surface area contributed by atoms with Crippen molar-refractivity contribution in [2.45, 2.75) is 33.0 Å². The van der Waals surface area contributed by atoms with Gasteiger partial charge >= 0.3 is 6.03 Å². The zero-order chi connectivity index (χ0) is 17.1. The normalized spacial score (nSPS) is 13.9. The molecule has 0 saturated carbocycles. The van der Waals surface area contributed by atoms with E-state index < -0.39 is 0 Å². The van der Waals surface area contributed by atoms with Gasteiger partial charge in [-0.15, -0.1) is 0 Å². The van der Waals surface area contributed by atoms with Crippen molar-refractivity contribution in [3.8, 4) is 0 Å². The number of carbonyl (C=O) groups excluding carboxylic acids is 1. The molecule has 0 aromatic carbocycles. The van der Waals surface area contributed by atoms with Crippen LogP contribution in [0.2, 0.25) is 0 Å². The molecular formula is C17H24N6O. The second-order valence-corrected chi connectivity index (χ2v) is 6.31. The second-order valence-electron chi connectivity index (χ2n) is 6.31. The van der Waals surface area contributed by atoms with E-state index in [-0.39, 0.29) is 6.03 Å². The van der Waals surface area contributed by atoms with Crippen molar-refractivity contribution in [2.24, 2.45) is 0 Å². The number of urea groups is 1. The summed E-state index contributed by atoms with van der Waals surface area (Å²) in [7, 11) is 4.03. The lowest BCUT2D eigenvalue weighted by Crippen LogP contribution is -2.39. The Morgan fingerprint density at radius 3 is 2.96 bits per heavy atom. The van der Waals surface area contributed by atoms with E-state index in [1.54, 1.807) is 11.1 Å². The molecule has 0 bridgehead atoms. The molecule has 2 aromatic heterocycles. The van der Waals surface area contributed by atoms with Crippen LogP contribution in [0.15, 0.2) is 24.7 Å². The average molecular weight is 328 g/mol. The molecule has 2 aromatic rings. The lowest BCUT2D eigenvalue weighted by atomic mass is 10.1. The van der Waals surface area contributed by atoms with Crippen LogP contribution in [0.25, 0.3) is 0 Å². The number of nitrogens with one attached hydrogen (secondary N) is 1. The number of fused-ring (bicyclic) bond motifs is 1. The highest BCUT2D eigenvalue weighted by Crippen LogP contribution is 2.19. The first-order valence-electron chi connectivity index (χ1n) is 8.25. The van der Waals surface area contributed by atoms with Gasteiger partial charge in [0, 0.05) is 37.9 Å². The highest BCUT2D eigenvalue weighted by atomic mass is 16.2. The van der Waals surface area contributed by atoms with Crippen LogP contribution in [0.1, 0.15) is 23.9 Å². The predicted molar refractivity (Wildman–Crippen MR) is 92.7 cm³/mol. The van der Waals surface area contributed by atoms with Gasteiger partial charge in [0.15, 0.2) is 0 Å². The third-order valence-electron chi connectivity index (χ3n) is 4.18. The Kier molecular flexibility index (Phi) is 4.80. The van der Waals surface area contributed by atoms with Gasteiger partial charge in [-0.25, -0.2) is 14.8 Å². The molecule has 1 N–H and O–H groups in total. The number of pyridine rings is 1. The van der Waals surface area contributed by atoms with Crippen molar-refractivity contribution in [1.29, 1.82) is 0 Å². The van der Waals surface area contributed by atoms with E-state index in [0.717, 1.165) is 30.8 Å². The molecule has 0 radical (unpaired) electrons. The van der Waals surface area contributed by atoms with Crippen LogP contribution in [0.4, 0.5) is 10.6 Å². The van der Waals surface area contributed by atoms with Gasteiger partial charge in [-0.2, -0.15) is 0 Å². The predicted octanol–water partition coefficient (Wildman–Crippen LogP) is 1.95. The Morgan fingerprint density at radius 2 is 2.21 bits per heavy atom. The molecule has 0 unspecified atom stereocenters. The van der Waals surface area contributed by atoms with E-state index in [9.17, 15) is 4.79 Å². The summed E-state index contributed by atoms with van der Waals surface area (Å²) in [6, 6.07) is 3.75. The van der Waals surface area contributed by atoms with E-state index in [1.165, 1.54) is 5.69 Å². The number of amides is 2. The summed E-state index contributed by atoms with van der Waals surface area (Å²) in [5, 5.41) is 2.90. The molecule has 128 valence electrons. The number of nitrogens with zero attached hydrogens (tertiary/aromatic N) is 5. The third kappa shape index (κ3) is 3.56. The van der Waals surface area contributed by atoms with Crippen molar-refractivity contribution in [2.75, 3.05) is 26.0 Å². The van der Waals surface area contributed by atoms with Crippen LogP contribution in [-0.4, -0.2) is 51.0 Å². The van der Waals surface area contributed by atoms with Gasteiger partial charge < -0.3 is 14.4 Å². The first-order valence-corrected chi connectivity index (χ1v) is 8.25. The number of anilines is 1. The fraction of sp³-hybridized carbons (Fsp3) is 0.471. The molecule has 7 heteroatoms. The molecule has 0 aliphatic carbocycles. The monoisotopic (exact) mass is 328 g/mol. The number of hydrogen-bond donors (Lipinski definition) is 1. The minimum Gasteiger partial charge on any atom is -0.334 e. The Balaban J connectivity index is 1.65. The number of rotatable bonds is 4. The number of imidazole rings is 1. The van der Waals surface area contributed by atoms with Crippen LogP contribution >= 0.6 is 0 Å². The smallest absolute Gasteiger partial charge is 0.323 e. The van der Waals surface area contributed by atoms with Gasteiger partial charge in [-0.3, -0.25) is 5.32 Å². The third-order valence-corrected chi connectivity index (χ3v) is 4.18. The Hall–Kier alpha value is -2.41. The van der Waals surface area contributed by atoms with Crippen molar-refractivity contribution in [1.82, 2.24) is 24.3 Å². The van der Waals surface area contributed by atoms with Crippen LogP contribution in [-0.2, 0) is 26.1 Å². The summed E-state index contributed by atoms with van der Waals surface area (Å²) in [6.07, 6.45) is 4.43. The molecule has 1 aliphatic heterocycles. The topological polar surface area (TPSA) is 66.3 Å². The van der Waals surface area contributed by atoms with Gasteiger partial charge in [0.2, 0.25) is 0 Å². The minimum absolute atomic E-state index is 0.124. The maximum absolute atomic E-state index is 12.5. The summed E-state index contributed by atoms with van der Waals surface area (Å²) >= 11 is 0. The zero-order valence-electron chi connectivity index (χ0n) is 14.5. The highest BCUT2D eigenvalue weighted by molar-refractivity contribution is 5.88. The van der Waals surface area contributed by atoms with Crippen LogP contribution in [0, 0.1) is 0 Å². The lowest BCUT2D eigenvalue weighted by Gasteiger charge is -2.27. The Labute approximate surface area is 142 Å². The zero-order valence-corrected chi connectivity index (χ0v) is 14.5. The van der Waals surface area contributed by atoms with Gasteiger partial charge in [0.05, 0.1) is 18.6 Å². The Bertz CT molecular complexity index is 724. The number of hydrogen-bond acceptors (Lipinski definition) is 4. The lowest BCUT2D eigenvalue weighted by molar-refractivity contribution is 0.205. The molecule has 7 nitrogen and oxygen atoms in total. The van der Waals surface area contributed by atoms with E-state index in [1.807, 2.05) is 32.6 Å². The fourth-order valence-electron chi connectivity index (χ4n) is 3.01. The number of aromatic nitrogens is 3.